The van der Waals surface area contributed by atoms with Gasteiger partial charge < -0.3 is 5.11 Å². The summed E-state index contributed by atoms with van der Waals surface area (Å²) in [6, 6.07) is 0.422. The van der Waals surface area contributed by atoms with Gasteiger partial charge in [0.2, 0.25) is 0 Å². The van der Waals surface area contributed by atoms with Gasteiger partial charge in [0, 0.05) is 10.9 Å². The number of hydrogen-bond acceptors (Lipinski definition) is 4. The smallest absolute Gasteiger partial charge is 0.317 e. The molecule has 0 unspecified atom stereocenters. The Labute approximate surface area is 112 Å². The van der Waals surface area contributed by atoms with E-state index < -0.39 is 5.97 Å². The number of nitrogens with zero attached hydrogens (tertiary/aromatic N) is 2. The molecule has 5 heteroatoms. The fourth-order valence-electron chi connectivity index (χ4n) is 2.54. The topological polar surface area (TPSA) is 53.4 Å². The molecule has 1 aromatic heterocycles. The largest absolute Gasteiger partial charge is 0.480 e. The minimum atomic E-state index is -0.744. The number of carboxylic acid groups (broad SMARTS) is 1. The van der Waals surface area contributed by atoms with Crippen LogP contribution in [0.5, 0.6) is 0 Å². The van der Waals surface area contributed by atoms with Crippen LogP contribution >= 0.6 is 11.3 Å². The van der Waals surface area contributed by atoms with Crippen LogP contribution in [0.4, 0.5) is 0 Å². The molecule has 1 saturated carbocycles. The lowest BCUT2D eigenvalue weighted by atomic mass is 10.2. The molecule has 0 amide bonds. The first-order valence-corrected chi connectivity index (χ1v) is 7.26. The molecule has 18 heavy (non-hydrogen) atoms. The van der Waals surface area contributed by atoms with E-state index >= 15 is 0 Å². The molecule has 1 aliphatic rings. The summed E-state index contributed by atoms with van der Waals surface area (Å²) in [7, 11) is 0. The first-order valence-electron chi connectivity index (χ1n) is 6.45. The van der Waals surface area contributed by atoms with Crippen LogP contribution in [0.1, 0.15) is 41.3 Å². The van der Waals surface area contributed by atoms with Gasteiger partial charge in [-0.3, -0.25) is 9.69 Å². The average molecular weight is 268 g/mol. The predicted molar refractivity (Wildman–Crippen MR) is 71.9 cm³/mol. The fraction of sp³-hybridized carbons (Fsp3) is 0.692. The summed E-state index contributed by atoms with van der Waals surface area (Å²) in [5.74, 6) is -0.744. The normalized spacial score (nSPS) is 16.6. The molecule has 2 rings (SSSR count). The third-order valence-electron chi connectivity index (χ3n) is 3.59. The third-order valence-corrected chi connectivity index (χ3v) is 4.65. The Morgan fingerprint density at radius 1 is 1.44 bits per heavy atom. The minimum absolute atomic E-state index is 0.127. The van der Waals surface area contributed by atoms with Crippen molar-refractivity contribution in [2.45, 2.75) is 52.1 Å². The second-order valence-electron chi connectivity index (χ2n) is 4.99. The predicted octanol–water partition coefficient (Wildman–Crippen LogP) is 2.59. The standard InChI is InChI=1S/C13H20N2O2S/c1-9-10(2)18-12(14-9)7-15(8-13(16)17)11-5-3-4-6-11/h11H,3-8H2,1-2H3,(H,16,17). The van der Waals surface area contributed by atoms with Gasteiger partial charge in [-0.1, -0.05) is 12.8 Å². The van der Waals surface area contributed by atoms with Gasteiger partial charge >= 0.3 is 5.97 Å². The van der Waals surface area contributed by atoms with E-state index in [1.165, 1.54) is 17.7 Å². The molecule has 0 bridgehead atoms. The van der Waals surface area contributed by atoms with E-state index in [0.29, 0.717) is 12.6 Å². The average Bonchev–Trinajstić information content (AvgIpc) is 2.88. The van der Waals surface area contributed by atoms with E-state index in [1.807, 2.05) is 6.92 Å². The van der Waals surface area contributed by atoms with E-state index in [-0.39, 0.29) is 6.54 Å². The summed E-state index contributed by atoms with van der Waals surface area (Å²) in [6.07, 6.45) is 4.68. The van der Waals surface area contributed by atoms with Gasteiger partial charge in [0.15, 0.2) is 0 Å². The lowest BCUT2D eigenvalue weighted by Gasteiger charge is -2.25. The van der Waals surface area contributed by atoms with Gasteiger partial charge in [-0.15, -0.1) is 11.3 Å². The molecule has 1 N–H and O–H groups in total. The number of rotatable bonds is 5. The fourth-order valence-corrected chi connectivity index (χ4v) is 3.50. The second-order valence-corrected chi connectivity index (χ2v) is 6.27. The summed E-state index contributed by atoms with van der Waals surface area (Å²) < 4.78 is 0. The number of aromatic nitrogens is 1. The van der Waals surface area contributed by atoms with Crippen molar-refractivity contribution in [1.82, 2.24) is 9.88 Å². The highest BCUT2D eigenvalue weighted by Gasteiger charge is 2.25. The van der Waals surface area contributed by atoms with Gasteiger partial charge in [-0.25, -0.2) is 4.98 Å². The van der Waals surface area contributed by atoms with Gasteiger partial charge in [-0.05, 0) is 26.7 Å². The number of carboxylic acids is 1. The number of thiazole rings is 1. The summed E-state index contributed by atoms with van der Waals surface area (Å²) in [4.78, 5) is 18.8. The van der Waals surface area contributed by atoms with Crippen LogP contribution in [0.2, 0.25) is 0 Å². The summed E-state index contributed by atoms with van der Waals surface area (Å²) >= 11 is 1.68. The quantitative estimate of drug-likeness (QED) is 0.892. The Morgan fingerprint density at radius 2 is 2.11 bits per heavy atom. The van der Waals surface area contributed by atoms with E-state index in [2.05, 4.69) is 16.8 Å². The highest BCUT2D eigenvalue weighted by Crippen LogP contribution is 2.26. The molecule has 1 aromatic rings. The maximum Gasteiger partial charge on any atom is 0.317 e. The van der Waals surface area contributed by atoms with Crippen molar-refractivity contribution in [3.05, 3.63) is 15.6 Å². The van der Waals surface area contributed by atoms with Crippen molar-refractivity contribution in [3.8, 4) is 0 Å². The molecular formula is C13H20N2O2S. The summed E-state index contributed by atoms with van der Waals surface area (Å²) in [6.45, 7) is 4.87. The SMILES string of the molecule is Cc1nc(CN(CC(=O)O)C2CCCC2)sc1C. The van der Waals surface area contributed by atoms with Crippen molar-refractivity contribution < 1.29 is 9.90 Å². The zero-order chi connectivity index (χ0) is 13.1. The molecular weight excluding hydrogens is 248 g/mol. The number of aryl methyl sites for hydroxylation is 2. The number of aliphatic carboxylic acids is 1. The van der Waals surface area contributed by atoms with E-state index in [4.69, 9.17) is 5.11 Å². The summed E-state index contributed by atoms with van der Waals surface area (Å²) in [5, 5.41) is 10.1. The van der Waals surface area contributed by atoms with Crippen LogP contribution in [0.25, 0.3) is 0 Å². The van der Waals surface area contributed by atoms with Crippen LogP contribution < -0.4 is 0 Å². The minimum Gasteiger partial charge on any atom is -0.480 e. The maximum atomic E-state index is 11.0. The van der Waals surface area contributed by atoms with Crippen LogP contribution in [0, 0.1) is 13.8 Å². The first-order chi connectivity index (χ1) is 8.56. The van der Waals surface area contributed by atoms with Crippen molar-refractivity contribution >= 4 is 17.3 Å². The van der Waals surface area contributed by atoms with Crippen molar-refractivity contribution in [2.24, 2.45) is 0 Å². The second kappa shape index (κ2) is 5.80. The zero-order valence-electron chi connectivity index (χ0n) is 11.0. The molecule has 0 saturated heterocycles. The molecule has 1 heterocycles. The van der Waals surface area contributed by atoms with E-state index in [1.54, 1.807) is 11.3 Å². The number of carbonyl (C=O) groups is 1. The molecule has 0 spiro atoms. The number of hydrogen-bond donors (Lipinski definition) is 1. The third kappa shape index (κ3) is 3.29. The molecule has 0 atom stereocenters. The zero-order valence-corrected chi connectivity index (χ0v) is 11.8. The van der Waals surface area contributed by atoms with E-state index in [9.17, 15) is 4.79 Å². The van der Waals surface area contributed by atoms with Crippen molar-refractivity contribution in [2.75, 3.05) is 6.54 Å². The first kappa shape index (κ1) is 13.5. The van der Waals surface area contributed by atoms with Gasteiger partial charge in [-0.2, -0.15) is 0 Å². The lowest BCUT2D eigenvalue weighted by molar-refractivity contribution is -0.139. The highest BCUT2D eigenvalue weighted by molar-refractivity contribution is 7.11. The molecule has 0 radical (unpaired) electrons. The molecule has 0 aromatic carbocycles. The van der Waals surface area contributed by atoms with Crippen LogP contribution in [0.3, 0.4) is 0 Å². The lowest BCUT2D eigenvalue weighted by Crippen LogP contribution is -2.36. The molecule has 1 fully saturated rings. The Morgan fingerprint density at radius 3 is 2.61 bits per heavy atom. The Balaban J connectivity index is 2.06. The van der Waals surface area contributed by atoms with E-state index in [0.717, 1.165) is 23.5 Å². The highest BCUT2D eigenvalue weighted by atomic mass is 32.1. The maximum absolute atomic E-state index is 11.0. The van der Waals surface area contributed by atoms with Gasteiger partial charge in [0.1, 0.15) is 5.01 Å². The molecule has 0 aliphatic heterocycles. The van der Waals surface area contributed by atoms with Gasteiger partial charge in [0.05, 0.1) is 18.8 Å². The summed E-state index contributed by atoms with van der Waals surface area (Å²) in [5.41, 5.74) is 1.07. The van der Waals surface area contributed by atoms with Gasteiger partial charge in [0.25, 0.3) is 0 Å². The monoisotopic (exact) mass is 268 g/mol. The molecule has 100 valence electrons. The van der Waals surface area contributed by atoms with Crippen LogP contribution in [0.15, 0.2) is 0 Å². The van der Waals surface area contributed by atoms with Crippen molar-refractivity contribution in [1.29, 1.82) is 0 Å². The Hall–Kier alpha value is -0.940. The van der Waals surface area contributed by atoms with Crippen molar-refractivity contribution in [3.63, 3.8) is 0 Å². The van der Waals surface area contributed by atoms with Crippen LogP contribution in [-0.2, 0) is 11.3 Å². The molecule has 4 nitrogen and oxygen atoms in total. The Kier molecular flexibility index (Phi) is 4.35. The Bertz CT molecular complexity index is 405. The van der Waals surface area contributed by atoms with Crippen LogP contribution in [-0.4, -0.2) is 33.5 Å². The molecule has 1 aliphatic carbocycles.